The summed E-state index contributed by atoms with van der Waals surface area (Å²) in [4.78, 5) is 13.3. The fraction of sp³-hybridized carbons (Fsp3) is 0.562. The third kappa shape index (κ3) is 5.92. The van der Waals surface area contributed by atoms with Crippen molar-refractivity contribution in [3.05, 3.63) is 24.3 Å². The van der Waals surface area contributed by atoms with Crippen LogP contribution in [0.15, 0.2) is 24.3 Å². The van der Waals surface area contributed by atoms with Gasteiger partial charge in [0.25, 0.3) is 0 Å². The Morgan fingerprint density at radius 3 is 2.58 bits per heavy atom. The van der Waals surface area contributed by atoms with E-state index in [1.807, 2.05) is 0 Å². The highest BCUT2D eigenvalue weighted by Gasteiger charge is 2.32. The van der Waals surface area contributed by atoms with Crippen LogP contribution >= 0.6 is 0 Å². The molecule has 0 atom stereocenters. The van der Waals surface area contributed by atoms with Gasteiger partial charge in [-0.05, 0) is 44.0 Å². The zero-order valence-electron chi connectivity index (χ0n) is 13.5. The lowest BCUT2D eigenvalue weighted by Gasteiger charge is -2.32. The SMILES string of the molecule is COc1ccccc1NC(=O)NCC1CCN(CC(F)(F)F)CC1. The van der Waals surface area contributed by atoms with Crippen LogP contribution in [-0.2, 0) is 0 Å². The van der Waals surface area contributed by atoms with Gasteiger partial charge in [0.15, 0.2) is 0 Å². The van der Waals surface area contributed by atoms with Crippen molar-refractivity contribution in [3.8, 4) is 5.75 Å². The van der Waals surface area contributed by atoms with Gasteiger partial charge in [-0.25, -0.2) is 4.79 Å². The van der Waals surface area contributed by atoms with Gasteiger partial charge in [-0.3, -0.25) is 4.90 Å². The monoisotopic (exact) mass is 345 g/mol. The van der Waals surface area contributed by atoms with Gasteiger partial charge in [-0.1, -0.05) is 12.1 Å². The van der Waals surface area contributed by atoms with Crippen LogP contribution in [0.3, 0.4) is 0 Å². The first-order chi connectivity index (χ1) is 11.4. The number of para-hydroxylation sites is 2. The molecule has 1 heterocycles. The van der Waals surface area contributed by atoms with E-state index < -0.39 is 12.7 Å². The van der Waals surface area contributed by atoms with Crippen molar-refractivity contribution in [1.29, 1.82) is 0 Å². The molecule has 8 heteroatoms. The number of nitrogens with zero attached hydrogens (tertiary/aromatic N) is 1. The highest BCUT2D eigenvalue weighted by molar-refractivity contribution is 5.90. The molecule has 2 N–H and O–H groups in total. The molecule has 1 aliphatic heterocycles. The number of methoxy groups -OCH3 is 1. The Kier molecular flexibility index (Phi) is 6.30. The van der Waals surface area contributed by atoms with Gasteiger partial charge in [-0.15, -0.1) is 0 Å². The van der Waals surface area contributed by atoms with Gasteiger partial charge in [0.1, 0.15) is 5.75 Å². The highest BCUT2D eigenvalue weighted by Crippen LogP contribution is 2.23. The van der Waals surface area contributed by atoms with E-state index >= 15 is 0 Å². The Morgan fingerprint density at radius 1 is 1.29 bits per heavy atom. The Balaban J connectivity index is 1.71. The predicted octanol–water partition coefficient (Wildman–Crippen LogP) is 3.09. The lowest BCUT2D eigenvalue weighted by Crippen LogP contribution is -2.43. The average Bonchev–Trinajstić information content (AvgIpc) is 2.53. The van der Waals surface area contributed by atoms with Gasteiger partial charge in [0.2, 0.25) is 0 Å². The Morgan fingerprint density at radius 2 is 1.96 bits per heavy atom. The van der Waals surface area contributed by atoms with Gasteiger partial charge in [0.05, 0.1) is 19.3 Å². The molecular formula is C16H22F3N3O2. The van der Waals surface area contributed by atoms with Crippen LogP contribution in [0.5, 0.6) is 5.75 Å². The Hall–Kier alpha value is -1.96. The summed E-state index contributed by atoms with van der Waals surface area (Å²) in [7, 11) is 1.52. The summed E-state index contributed by atoms with van der Waals surface area (Å²) in [6.45, 7) is 0.391. The summed E-state index contributed by atoms with van der Waals surface area (Å²) in [6.07, 6.45) is -2.87. The minimum Gasteiger partial charge on any atom is -0.495 e. The van der Waals surface area contributed by atoms with Crippen molar-refractivity contribution in [1.82, 2.24) is 10.2 Å². The predicted molar refractivity (Wildman–Crippen MR) is 85.2 cm³/mol. The first-order valence-electron chi connectivity index (χ1n) is 7.84. The third-order valence-electron chi connectivity index (χ3n) is 4.02. The molecule has 0 bridgehead atoms. The van der Waals surface area contributed by atoms with E-state index in [0.717, 1.165) is 0 Å². The van der Waals surface area contributed by atoms with Crippen LogP contribution < -0.4 is 15.4 Å². The van der Waals surface area contributed by atoms with Gasteiger partial charge in [0, 0.05) is 6.54 Å². The second-order valence-corrected chi connectivity index (χ2v) is 5.87. The summed E-state index contributed by atoms with van der Waals surface area (Å²) in [6, 6.07) is 6.71. The first kappa shape index (κ1) is 18.4. The smallest absolute Gasteiger partial charge is 0.401 e. The summed E-state index contributed by atoms with van der Waals surface area (Å²) in [5.41, 5.74) is 0.567. The lowest BCUT2D eigenvalue weighted by atomic mass is 9.97. The largest absolute Gasteiger partial charge is 0.495 e. The number of hydrogen-bond donors (Lipinski definition) is 2. The molecule has 0 aromatic heterocycles. The normalized spacial score (nSPS) is 16.7. The molecule has 2 amide bonds. The topological polar surface area (TPSA) is 53.6 Å². The fourth-order valence-corrected chi connectivity index (χ4v) is 2.75. The molecule has 1 aromatic carbocycles. The summed E-state index contributed by atoms with van der Waals surface area (Å²) >= 11 is 0. The number of piperidine rings is 1. The maximum Gasteiger partial charge on any atom is 0.401 e. The van der Waals surface area contributed by atoms with E-state index in [-0.39, 0.29) is 11.9 Å². The number of benzene rings is 1. The second kappa shape index (κ2) is 8.23. The minimum atomic E-state index is -4.15. The first-order valence-corrected chi connectivity index (χ1v) is 7.84. The van der Waals surface area contributed by atoms with Crippen LogP contribution in [0.1, 0.15) is 12.8 Å². The maximum absolute atomic E-state index is 12.3. The number of ether oxygens (including phenoxy) is 1. The lowest BCUT2D eigenvalue weighted by molar-refractivity contribution is -0.148. The van der Waals surface area contributed by atoms with E-state index in [2.05, 4.69) is 10.6 Å². The number of halogens is 3. The number of alkyl halides is 3. The summed E-state index contributed by atoms with van der Waals surface area (Å²) in [5.74, 6) is 0.756. The molecule has 0 aliphatic carbocycles. The second-order valence-electron chi connectivity index (χ2n) is 5.87. The van der Waals surface area contributed by atoms with Crippen LogP contribution in [0, 0.1) is 5.92 Å². The summed E-state index contributed by atoms with van der Waals surface area (Å²) < 4.78 is 42.2. The van der Waals surface area contributed by atoms with Crippen molar-refractivity contribution >= 4 is 11.7 Å². The van der Waals surface area contributed by atoms with Crippen LogP contribution in [0.2, 0.25) is 0 Å². The van der Waals surface area contributed by atoms with E-state index in [4.69, 9.17) is 4.74 Å². The van der Waals surface area contributed by atoms with Crippen molar-refractivity contribution < 1.29 is 22.7 Å². The third-order valence-corrected chi connectivity index (χ3v) is 4.02. The molecule has 1 aromatic rings. The Labute approximate surface area is 139 Å². The molecule has 134 valence electrons. The van der Waals surface area contributed by atoms with E-state index in [1.165, 1.54) is 12.0 Å². The van der Waals surface area contributed by atoms with E-state index in [1.54, 1.807) is 24.3 Å². The number of carbonyl (C=O) groups is 1. The van der Waals surface area contributed by atoms with Crippen LogP contribution in [0.4, 0.5) is 23.7 Å². The molecular weight excluding hydrogens is 323 g/mol. The van der Waals surface area contributed by atoms with E-state index in [9.17, 15) is 18.0 Å². The van der Waals surface area contributed by atoms with Gasteiger partial charge < -0.3 is 15.4 Å². The van der Waals surface area contributed by atoms with Crippen LogP contribution in [-0.4, -0.2) is 50.4 Å². The number of urea groups is 1. The molecule has 0 radical (unpaired) electrons. The zero-order valence-corrected chi connectivity index (χ0v) is 13.5. The number of hydrogen-bond acceptors (Lipinski definition) is 3. The van der Waals surface area contributed by atoms with E-state index in [0.29, 0.717) is 43.9 Å². The van der Waals surface area contributed by atoms with Crippen molar-refractivity contribution in [2.45, 2.75) is 19.0 Å². The molecule has 0 unspecified atom stereocenters. The Bertz CT molecular complexity index is 544. The quantitative estimate of drug-likeness (QED) is 0.862. The number of amides is 2. The maximum atomic E-state index is 12.3. The average molecular weight is 345 g/mol. The fourth-order valence-electron chi connectivity index (χ4n) is 2.75. The van der Waals surface area contributed by atoms with Crippen molar-refractivity contribution in [2.75, 3.05) is 38.6 Å². The number of likely N-dealkylation sites (tertiary alicyclic amines) is 1. The molecule has 0 spiro atoms. The molecule has 0 saturated carbocycles. The van der Waals surface area contributed by atoms with Crippen molar-refractivity contribution in [3.63, 3.8) is 0 Å². The summed E-state index contributed by atoms with van der Waals surface area (Å²) in [5, 5.41) is 5.48. The molecule has 5 nitrogen and oxygen atoms in total. The number of rotatable bonds is 5. The molecule has 1 fully saturated rings. The number of anilines is 1. The van der Waals surface area contributed by atoms with Gasteiger partial charge >= 0.3 is 12.2 Å². The van der Waals surface area contributed by atoms with Crippen LogP contribution in [0.25, 0.3) is 0 Å². The zero-order chi connectivity index (χ0) is 17.6. The molecule has 1 saturated heterocycles. The standard InChI is InChI=1S/C16H22F3N3O2/c1-24-14-5-3-2-4-13(14)21-15(23)20-10-12-6-8-22(9-7-12)11-16(17,18)19/h2-5,12H,6-11H2,1H3,(H2,20,21,23). The van der Waals surface area contributed by atoms with Crippen molar-refractivity contribution in [2.24, 2.45) is 5.92 Å². The molecule has 1 aliphatic rings. The molecule has 24 heavy (non-hydrogen) atoms. The molecule has 2 rings (SSSR count). The number of nitrogens with one attached hydrogen (secondary N) is 2. The minimum absolute atomic E-state index is 0.193. The highest BCUT2D eigenvalue weighted by atomic mass is 19.4. The number of carbonyl (C=O) groups excluding carboxylic acids is 1. The van der Waals surface area contributed by atoms with Gasteiger partial charge in [-0.2, -0.15) is 13.2 Å².